The Labute approximate surface area is 103 Å². The molecule has 4 aliphatic heterocycles. The van der Waals surface area contributed by atoms with Gasteiger partial charge in [0.05, 0.1) is 6.07 Å². The SMILES string of the molecule is CCCC12CN3CCN(CC(C3)[C@@]1(O)C#N)C2. The van der Waals surface area contributed by atoms with Crippen LogP contribution in [0.1, 0.15) is 19.8 Å². The molecule has 17 heavy (non-hydrogen) atoms. The molecule has 4 rings (SSSR count). The first-order valence-electron chi connectivity index (χ1n) is 6.72. The monoisotopic (exact) mass is 235 g/mol. The van der Waals surface area contributed by atoms with Crippen molar-refractivity contribution in [3.8, 4) is 6.07 Å². The van der Waals surface area contributed by atoms with E-state index in [2.05, 4.69) is 22.8 Å². The molecule has 0 spiro atoms. The van der Waals surface area contributed by atoms with Crippen LogP contribution in [0, 0.1) is 22.7 Å². The van der Waals surface area contributed by atoms with Gasteiger partial charge in [-0.05, 0) is 6.42 Å². The van der Waals surface area contributed by atoms with E-state index in [0.717, 1.165) is 52.1 Å². The van der Waals surface area contributed by atoms with Gasteiger partial charge in [0.1, 0.15) is 0 Å². The summed E-state index contributed by atoms with van der Waals surface area (Å²) in [7, 11) is 0. The number of fused-ring (bicyclic) bond motifs is 1. The van der Waals surface area contributed by atoms with E-state index in [9.17, 15) is 10.4 Å². The Bertz CT molecular complexity index is 348. The fraction of sp³-hybridized carbons (Fsp3) is 0.923. The van der Waals surface area contributed by atoms with Crippen LogP contribution in [0.3, 0.4) is 0 Å². The molecule has 3 atom stereocenters. The van der Waals surface area contributed by atoms with Crippen molar-refractivity contribution in [3.63, 3.8) is 0 Å². The van der Waals surface area contributed by atoms with Gasteiger partial charge < -0.3 is 14.9 Å². The Hall–Kier alpha value is -0.630. The van der Waals surface area contributed by atoms with Gasteiger partial charge in [-0.2, -0.15) is 5.26 Å². The van der Waals surface area contributed by atoms with Crippen LogP contribution in [-0.4, -0.2) is 59.8 Å². The van der Waals surface area contributed by atoms with Gasteiger partial charge in [0, 0.05) is 50.6 Å². The Morgan fingerprint density at radius 3 is 2.35 bits per heavy atom. The molecule has 94 valence electrons. The van der Waals surface area contributed by atoms with E-state index in [1.54, 1.807) is 0 Å². The summed E-state index contributed by atoms with van der Waals surface area (Å²) < 4.78 is 0. The lowest BCUT2D eigenvalue weighted by Crippen LogP contribution is -2.70. The van der Waals surface area contributed by atoms with E-state index < -0.39 is 5.60 Å². The van der Waals surface area contributed by atoms with Gasteiger partial charge in [-0.25, -0.2) is 0 Å². The van der Waals surface area contributed by atoms with Gasteiger partial charge in [-0.1, -0.05) is 13.3 Å². The Morgan fingerprint density at radius 1 is 1.29 bits per heavy atom. The van der Waals surface area contributed by atoms with Gasteiger partial charge >= 0.3 is 0 Å². The fourth-order valence-corrected chi connectivity index (χ4v) is 4.32. The van der Waals surface area contributed by atoms with Crippen molar-refractivity contribution in [2.75, 3.05) is 39.3 Å². The normalized spacial score (nSPS) is 52.2. The Balaban J connectivity index is 2.05. The van der Waals surface area contributed by atoms with E-state index in [-0.39, 0.29) is 11.3 Å². The second kappa shape index (κ2) is 3.68. The van der Waals surface area contributed by atoms with E-state index >= 15 is 0 Å². The van der Waals surface area contributed by atoms with E-state index in [1.807, 2.05) is 0 Å². The molecule has 4 aliphatic rings. The number of piperidine rings is 2. The zero-order chi connectivity index (χ0) is 12.1. The molecular formula is C13H21N3O. The van der Waals surface area contributed by atoms with E-state index in [4.69, 9.17) is 0 Å². The van der Waals surface area contributed by atoms with Crippen LogP contribution in [0.25, 0.3) is 0 Å². The van der Waals surface area contributed by atoms with Crippen LogP contribution in [0.2, 0.25) is 0 Å². The van der Waals surface area contributed by atoms with Crippen molar-refractivity contribution >= 4 is 0 Å². The number of nitrogens with zero attached hydrogens (tertiary/aromatic N) is 3. The predicted octanol–water partition coefficient (Wildman–Crippen LogP) is 0.289. The summed E-state index contributed by atoms with van der Waals surface area (Å²) in [6, 6.07) is 2.28. The molecule has 0 aromatic carbocycles. The van der Waals surface area contributed by atoms with Gasteiger partial charge in [-0.3, -0.25) is 0 Å². The molecule has 0 aromatic heterocycles. The minimum absolute atomic E-state index is 0.115. The average Bonchev–Trinajstić information content (AvgIpc) is 2.55. The molecule has 4 heteroatoms. The highest BCUT2D eigenvalue weighted by Gasteiger charge is 2.63. The van der Waals surface area contributed by atoms with Crippen LogP contribution < -0.4 is 0 Å². The molecule has 4 nitrogen and oxygen atoms in total. The summed E-state index contributed by atoms with van der Waals surface area (Å²) in [5, 5.41) is 20.4. The quantitative estimate of drug-likeness (QED) is 0.699. The standard InChI is InChI=1S/C13H21N3O/c1-2-3-12-9-15-4-5-16(10-12)7-11(6-15)13(12,17)8-14/h11,17H,2-7,9-10H2,1H3/t11?,12?,13-/m0/s1. The largest absolute Gasteiger partial charge is 0.374 e. The highest BCUT2D eigenvalue weighted by Crippen LogP contribution is 2.50. The summed E-state index contributed by atoms with van der Waals surface area (Å²) in [5.74, 6) is 0.115. The average molecular weight is 235 g/mol. The molecular weight excluding hydrogens is 214 g/mol. The molecule has 1 N–H and O–H groups in total. The highest BCUT2D eigenvalue weighted by molar-refractivity contribution is 5.23. The second-order valence-electron chi connectivity index (χ2n) is 6.08. The molecule has 0 saturated carbocycles. The number of rotatable bonds is 2. The third kappa shape index (κ3) is 1.40. The topological polar surface area (TPSA) is 50.5 Å². The maximum absolute atomic E-state index is 10.9. The number of nitriles is 1. The lowest BCUT2D eigenvalue weighted by atomic mass is 9.59. The molecule has 0 aliphatic carbocycles. The molecule has 2 unspecified atom stereocenters. The van der Waals surface area contributed by atoms with Gasteiger partial charge in [0.25, 0.3) is 0 Å². The van der Waals surface area contributed by atoms with Gasteiger partial charge in [-0.15, -0.1) is 0 Å². The third-order valence-corrected chi connectivity index (χ3v) is 5.04. The van der Waals surface area contributed by atoms with E-state index in [0.29, 0.717) is 0 Å². The molecule has 4 saturated heterocycles. The van der Waals surface area contributed by atoms with Crippen molar-refractivity contribution in [1.29, 1.82) is 5.26 Å². The van der Waals surface area contributed by atoms with Crippen LogP contribution >= 0.6 is 0 Å². The first kappa shape index (κ1) is 11.5. The zero-order valence-corrected chi connectivity index (χ0v) is 10.5. The van der Waals surface area contributed by atoms with Crippen molar-refractivity contribution in [2.24, 2.45) is 11.3 Å². The van der Waals surface area contributed by atoms with Crippen molar-refractivity contribution in [2.45, 2.75) is 25.4 Å². The summed E-state index contributed by atoms with van der Waals surface area (Å²) in [6.07, 6.45) is 2.00. The zero-order valence-electron chi connectivity index (χ0n) is 10.5. The summed E-state index contributed by atoms with van der Waals surface area (Å²) in [6.45, 7) is 7.94. The number of aliphatic hydroxyl groups is 1. The van der Waals surface area contributed by atoms with Crippen molar-refractivity contribution in [1.82, 2.24) is 9.80 Å². The maximum atomic E-state index is 10.9. The summed E-state index contributed by atoms with van der Waals surface area (Å²) in [5.41, 5.74) is -1.31. The summed E-state index contributed by atoms with van der Waals surface area (Å²) >= 11 is 0. The molecule has 0 aromatic rings. The smallest absolute Gasteiger partial charge is 0.164 e. The molecule has 4 bridgehead atoms. The van der Waals surface area contributed by atoms with Gasteiger partial charge in [0.2, 0.25) is 0 Å². The maximum Gasteiger partial charge on any atom is 0.164 e. The minimum Gasteiger partial charge on any atom is -0.374 e. The molecule has 0 radical (unpaired) electrons. The number of hydrogen-bond donors (Lipinski definition) is 1. The van der Waals surface area contributed by atoms with Crippen LogP contribution in [-0.2, 0) is 0 Å². The minimum atomic E-state index is -1.10. The first-order chi connectivity index (χ1) is 8.13. The number of hydrogen-bond acceptors (Lipinski definition) is 4. The van der Waals surface area contributed by atoms with Crippen LogP contribution in [0.4, 0.5) is 0 Å². The molecule has 0 amide bonds. The lowest BCUT2D eigenvalue weighted by Gasteiger charge is -2.57. The highest BCUT2D eigenvalue weighted by atomic mass is 16.3. The molecule has 4 heterocycles. The fourth-order valence-electron chi connectivity index (χ4n) is 4.32. The van der Waals surface area contributed by atoms with Crippen molar-refractivity contribution < 1.29 is 5.11 Å². The molecule has 4 fully saturated rings. The van der Waals surface area contributed by atoms with Crippen LogP contribution in [0.15, 0.2) is 0 Å². The predicted molar refractivity (Wildman–Crippen MR) is 64.3 cm³/mol. The van der Waals surface area contributed by atoms with E-state index in [1.165, 1.54) is 0 Å². The van der Waals surface area contributed by atoms with Gasteiger partial charge in [0.15, 0.2) is 5.60 Å². The Morgan fingerprint density at radius 2 is 1.88 bits per heavy atom. The van der Waals surface area contributed by atoms with Crippen LogP contribution in [0.5, 0.6) is 0 Å². The Kier molecular flexibility index (Phi) is 2.48. The van der Waals surface area contributed by atoms with Crippen molar-refractivity contribution in [3.05, 3.63) is 0 Å². The second-order valence-corrected chi connectivity index (χ2v) is 6.08. The summed E-state index contributed by atoms with van der Waals surface area (Å²) in [4.78, 5) is 4.91. The lowest BCUT2D eigenvalue weighted by molar-refractivity contribution is -0.167. The third-order valence-electron chi connectivity index (χ3n) is 5.04. The first-order valence-corrected chi connectivity index (χ1v) is 6.72.